The molecule has 0 saturated carbocycles. The smallest absolute Gasteiger partial charge is 0.0883 e. The highest BCUT2D eigenvalue weighted by Crippen LogP contribution is 2.34. The van der Waals surface area contributed by atoms with Crippen LogP contribution in [-0.2, 0) is 17.2 Å². The zero-order chi connectivity index (χ0) is 12.6. The Bertz CT molecular complexity index is 393. The van der Waals surface area contributed by atoms with E-state index in [1.54, 1.807) is 0 Å². The first-order chi connectivity index (χ1) is 7.88. The molecule has 4 heteroatoms. The van der Waals surface area contributed by atoms with Gasteiger partial charge in [-0.15, -0.1) is 0 Å². The van der Waals surface area contributed by atoms with E-state index in [-0.39, 0.29) is 17.6 Å². The van der Waals surface area contributed by atoms with E-state index in [0.717, 1.165) is 17.7 Å². The van der Waals surface area contributed by atoms with E-state index in [9.17, 15) is 5.11 Å². The number of nitrogens with zero attached hydrogens (tertiary/aromatic N) is 2. The van der Waals surface area contributed by atoms with Gasteiger partial charge in [-0.1, -0.05) is 20.8 Å². The lowest BCUT2D eigenvalue weighted by Crippen LogP contribution is -2.25. The molecule has 0 radical (unpaired) electrons. The van der Waals surface area contributed by atoms with Gasteiger partial charge in [0, 0.05) is 37.3 Å². The summed E-state index contributed by atoms with van der Waals surface area (Å²) in [6.07, 6.45) is 3.17. The normalized spacial score (nSPS) is 26.2. The van der Waals surface area contributed by atoms with Gasteiger partial charge in [-0.25, -0.2) is 0 Å². The largest absolute Gasteiger partial charge is 0.393 e. The molecule has 0 aliphatic carbocycles. The highest BCUT2D eigenvalue weighted by molar-refractivity contribution is 5.26. The standard InChI is InChI=1S/C13H22N2O2/c1-13(2,3)12-10(8-15(4)14-12)11-7-9(16)5-6-17-11/h8-9,11,16H,5-7H2,1-4H3. The van der Waals surface area contributed by atoms with Gasteiger partial charge in [-0.3, -0.25) is 4.68 Å². The topological polar surface area (TPSA) is 47.3 Å². The molecular weight excluding hydrogens is 216 g/mol. The summed E-state index contributed by atoms with van der Waals surface area (Å²) in [4.78, 5) is 0. The minimum atomic E-state index is -0.248. The molecular formula is C13H22N2O2. The number of aryl methyl sites for hydroxylation is 1. The average molecular weight is 238 g/mol. The van der Waals surface area contributed by atoms with Crippen LogP contribution in [0.1, 0.15) is 51.0 Å². The highest BCUT2D eigenvalue weighted by Gasteiger charge is 2.30. The summed E-state index contributed by atoms with van der Waals surface area (Å²) in [6, 6.07) is 0. The second-order valence-corrected chi connectivity index (χ2v) is 5.89. The predicted octanol–water partition coefficient (Wildman–Crippen LogP) is 1.93. The van der Waals surface area contributed by atoms with Crippen LogP contribution in [-0.4, -0.2) is 27.6 Å². The van der Waals surface area contributed by atoms with Crippen LogP contribution in [0.2, 0.25) is 0 Å². The van der Waals surface area contributed by atoms with Crippen molar-refractivity contribution in [3.8, 4) is 0 Å². The average Bonchev–Trinajstić information content (AvgIpc) is 2.60. The van der Waals surface area contributed by atoms with Crippen molar-refractivity contribution >= 4 is 0 Å². The van der Waals surface area contributed by atoms with E-state index in [1.807, 2.05) is 17.9 Å². The molecule has 2 unspecified atom stereocenters. The quantitative estimate of drug-likeness (QED) is 0.813. The minimum Gasteiger partial charge on any atom is -0.393 e. The molecule has 1 aliphatic heterocycles. The summed E-state index contributed by atoms with van der Waals surface area (Å²) >= 11 is 0. The van der Waals surface area contributed by atoms with Gasteiger partial charge in [0.1, 0.15) is 0 Å². The minimum absolute atomic E-state index is 0.00233. The van der Waals surface area contributed by atoms with E-state index >= 15 is 0 Å². The zero-order valence-electron chi connectivity index (χ0n) is 11.1. The molecule has 4 nitrogen and oxygen atoms in total. The Labute approximate surface area is 103 Å². The van der Waals surface area contributed by atoms with Crippen LogP contribution < -0.4 is 0 Å². The van der Waals surface area contributed by atoms with E-state index in [4.69, 9.17) is 4.74 Å². The van der Waals surface area contributed by atoms with Crippen molar-refractivity contribution in [2.45, 2.75) is 51.2 Å². The first kappa shape index (κ1) is 12.6. The number of hydrogen-bond donors (Lipinski definition) is 1. The number of aliphatic hydroxyl groups excluding tert-OH is 1. The highest BCUT2D eigenvalue weighted by atomic mass is 16.5. The van der Waals surface area contributed by atoms with Crippen LogP contribution in [0.15, 0.2) is 6.20 Å². The summed E-state index contributed by atoms with van der Waals surface area (Å²) in [5.74, 6) is 0. The monoisotopic (exact) mass is 238 g/mol. The maximum Gasteiger partial charge on any atom is 0.0883 e. The molecule has 2 atom stereocenters. The first-order valence-corrected chi connectivity index (χ1v) is 6.21. The van der Waals surface area contributed by atoms with Gasteiger partial charge < -0.3 is 9.84 Å². The molecule has 2 heterocycles. The van der Waals surface area contributed by atoms with Crippen molar-refractivity contribution in [2.24, 2.45) is 7.05 Å². The lowest BCUT2D eigenvalue weighted by Gasteiger charge is -2.28. The Balaban J connectivity index is 2.31. The summed E-state index contributed by atoms with van der Waals surface area (Å²) in [7, 11) is 1.93. The van der Waals surface area contributed by atoms with E-state index < -0.39 is 0 Å². The number of rotatable bonds is 1. The number of hydrogen-bond acceptors (Lipinski definition) is 3. The SMILES string of the molecule is Cn1cc(C2CC(O)CCO2)c(C(C)(C)C)n1. The van der Waals surface area contributed by atoms with Crippen molar-refractivity contribution in [1.29, 1.82) is 0 Å². The number of ether oxygens (including phenoxy) is 1. The van der Waals surface area contributed by atoms with Crippen molar-refractivity contribution in [3.05, 3.63) is 17.5 Å². The molecule has 0 aromatic carbocycles. The van der Waals surface area contributed by atoms with Gasteiger partial charge in [0.05, 0.1) is 17.9 Å². The van der Waals surface area contributed by atoms with E-state index in [2.05, 4.69) is 25.9 Å². The molecule has 2 rings (SSSR count). The molecule has 1 aliphatic rings. The molecule has 1 fully saturated rings. The van der Waals surface area contributed by atoms with E-state index in [1.165, 1.54) is 0 Å². The maximum atomic E-state index is 9.73. The van der Waals surface area contributed by atoms with Crippen LogP contribution in [0.25, 0.3) is 0 Å². The summed E-state index contributed by atoms with van der Waals surface area (Å²) in [6.45, 7) is 7.08. The second kappa shape index (κ2) is 4.42. The lowest BCUT2D eigenvalue weighted by molar-refractivity contribution is -0.0454. The molecule has 96 valence electrons. The van der Waals surface area contributed by atoms with E-state index in [0.29, 0.717) is 13.0 Å². The third-order valence-corrected chi connectivity index (χ3v) is 3.17. The Morgan fingerprint density at radius 1 is 1.47 bits per heavy atom. The molecule has 1 aromatic rings. The fraction of sp³-hybridized carbons (Fsp3) is 0.769. The fourth-order valence-corrected chi connectivity index (χ4v) is 2.32. The molecule has 0 amide bonds. The Morgan fingerprint density at radius 3 is 2.76 bits per heavy atom. The van der Waals surface area contributed by atoms with Gasteiger partial charge in [-0.2, -0.15) is 5.10 Å². The molecule has 0 spiro atoms. The molecule has 1 saturated heterocycles. The van der Waals surface area contributed by atoms with Crippen LogP contribution in [0, 0.1) is 0 Å². The van der Waals surface area contributed by atoms with Gasteiger partial charge in [0.25, 0.3) is 0 Å². The van der Waals surface area contributed by atoms with Crippen LogP contribution in [0.3, 0.4) is 0 Å². The van der Waals surface area contributed by atoms with Crippen molar-refractivity contribution in [3.63, 3.8) is 0 Å². The summed E-state index contributed by atoms with van der Waals surface area (Å²) in [5.41, 5.74) is 2.19. The van der Waals surface area contributed by atoms with Crippen LogP contribution in [0.4, 0.5) is 0 Å². The third kappa shape index (κ3) is 2.69. The van der Waals surface area contributed by atoms with Crippen molar-refractivity contribution < 1.29 is 9.84 Å². The predicted molar refractivity (Wildman–Crippen MR) is 65.8 cm³/mol. The first-order valence-electron chi connectivity index (χ1n) is 6.21. The van der Waals surface area contributed by atoms with Crippen LogP contribution >= 0.6 is 0 Å². The summed E-state index contributed by atoms with van der Waals surface area (Å²) < 4.78 is 7.60. The van der Waals surface area contributed by atoms with Gasteiger partial charge >= 0.3 is 0 Å². The molecule has 1 N–H and O–H groups in total. The zero-order valence-corrected chi connectivity index (χ0v) is 11.1. The van der Waals surface area contributed by atoms with Gasteiger partial charge in [-0.05, 0) is 6.42 Å². The Hall–Kier alpha value is -0.870. The second-order valence-electron chi connectivity index (χ2n) is 5.89. The summed E-state index contributed by atoms with van der Waals surface area (Å²) in [5, 5.41) is 14.3. The van der Waals surface area contributed by atoms with Crippen molar-refractivity contribution in [2.75, 3.05) is 6.61 Å². The van der Waals surface area contributed by atoms with Crippen molar-refractivity contribution in [1.82, 2.24) is 9.78 Å². The number of aliphatic hydroxyl groups is 1. The maximum absolute atomic E-state index is 9.73. The Morgan fingerprint density at radius 2 is 2.18 bits per heavy atom. The fourth-order valence-electron chi connectivity index (χ4n) is 2.32. The van der Waals surface area contributed by atoms with Gasteiger partial charge in [0.2, 0.25) is 0 Å². The molecule has 17 heavy (non-hydrogen) atoms. The number of aromatic nitrogens is 2. The third-order valence-electron chi connectivity index (χ3n) is 3.17. The lowest BCUT2D eigenvalue weighted by atomic mass is 9.86. The molecule has 0 bridgehead atoms. The van der Waals surface area contributed by atoms with Gasteiger partial charge in [0.15, 0.2) is 0 Å². The van der Waals surface area contributed by atoms with Crippen LogP contribution in [0.5, 0.6) is 0 Å². The molecule has 1 aromatic heterocycles. The Kier molecular flexibility index (Phi) is 3.27.